The van der Waals surface area contributed by atoms with Gasteiger partial charge in [-0.05, 0) is 18.2 Å². The van der Waals surface area contributed by atoms with Crippen molar-refractivity contribution in [2.45, 2.75) is 6.04 Å². The zero-order valence-electron chi connectivity index (χ0n) is 9.80. The summed E-state index contributed by atoms with van der Waals surface area (Å²) in [6.45, 7) is 0. The first-order valence-corrected chi connectivity index (χ1v) is 5.73. The minimum absolute atomic E-state index is 0.474. The van der Waals surface area contributed by atoms with Crippen LogP contribution in [0.2, 0.25) is 5.02 Å². The minimum Gasteiger partial charge on any atom is -0.369 e. The molecule has 0 spiro atoms. The monoisotopic (exact) mass is 264 g/mol. The van der Waals surface area contributed by atoms with Gasteiger partial charge in [0.2, 0.25) is 5.91 Å². The van der Waals surface area contributed by atoms with Crippen molar-refractivity contribution in [2.75, 3.05) is 5.32 Å². The Bertz CT molecular complexity index is 567. The highest BCUT2D eigenvalue weighted by atomic mass is 35.5. The van der Waals surface area contributed by atoms with Gasteiger partial charge in [-0.1, -0.05) is 17.7 Å². The van der Waals surface area contributed by atoms with Gasteiger partial charge in [0.05, 0.1) is 18.2 Å². The summed E-state index contributed by atoms with van der Waals surface area (Å²) < 4.78 is 1.74. The van der Waals surface area contributed by atoms with E-state index in [4.69, 9.17) is 17.3 Å². The van der Waals surface area contributed by atoms with Gasteiger partial charge in [0.15, 0.2) is 0 Å². The summed E-state index contributed by atoms with van der Waals surface area (Å²) in [7, 11) is 1.80. The summed E-state index contributed by atoms with van der Waals surface area (Å²) in [5.74, 6) is -0.474. The van der Waals surface area contributed by atoms with E-state index >= 15 is 0 Å². The molecule has 3 N–H and O–H groups in total. The lowest BCUT2D eigenvalue weighted by molar-refractivity contribution is -0.118. The molecule has 94 valence electrons. The fourth-order valence-electron chi connectivity index (χ4n) is 1.68. The van der Waals surface area contributed by atoms with Crippen molar-refractivity contribution in [2.24, 2.45) is 12.8 Å². The van der Waals surface area contributed by atoms with E-state index in [1.807, 2.05) is 6.07 Å². The molecule has 5 nitrogen and oxygen atoms in total. The summed E-state index contributed by atoms with van der Waals surface area (Å²) in [6, 6.07) is 6.46. The average molecular weight is 265 g/mol. The lowest BCUT2D eigenvalue weighted by Crippen LogP contribution is -2.29. The number of nitrogens with zero attached hydrogens (tertiary/aromatic N) is 2. The molecule has 0 saturated carbocycles. The normalized spacial score (nSPS) is 12.1. The van der Waals surface area contributed by atoms with Crippen LogP contribution in [0.4, 0.5) is 5.69 Å². The molecule has 6 heteroatoms. The maximum Gasteiger partial charge on any atom is 0.246 e. The van der Waals surface area contributed by atoms with Gasteiger partial charge in [-0.3, -0.25) is 4.79 Å². The van der Waals surface area contributed by atoms with Crippen molar-refractivity contribution in [3.63, 3.8) is 0 Å². The fraction of sp³-hybridized carbons (Fsp3) is 0.167. The van der Waals surface area contributed by atoms with Gasteiger partial charge in [0.25, 0.3) is 0 Å². The number of benzene rings is 1. The first-order valence-electron chi connectivity index (χ1n) is 5.35. The molecule has 2 rings (SSSR count). The molecule has 18 heavy (non-hydrogen) atoms. The van der Waals surface area contributed by atoms with E-state index in [0.29, 0.717) is 10.7 Å². The molecule has 0 fully saturated rings. The first-order chi connectivity index (χ1) is 8.58. The van der Waals surface area contributed by atoms with Crippen LogP contribution in [0.25, 0.3) is 0 Å². The molecule has 1 heterocycles. The van der Waals surface area contributed by atoms with Gasteiger partial charge >= 0.3 is 0 Å². The number of primary amides is 1. The molecule has 1 unspecified atom stereocenters. The standard InChI is InChI=1S/C12H13ClN4O/c1-17-7-15-6-10(17)11(12(14)18)16-9-4-2-3-8(13)5-9/h2-7,11,16H,1H3,(H2,14,18). The maximum absolute atomic E-state index is 11.5. The van der Waals surface area contributed by atoms with Gasteiger partial charge in [0, 0.05) is 17.8 Å². The first kappa shape index (κ1) is 12.4. The summed E-state index contributed by atoms with van der Waals surface area (Å²) in [6.07, 6.45) is 3.22. The third kappa shape index (κ3) is 2.62. The van der Waals surface area contributed by atoms with E-state index in [9.17, 15) is 4.79 Å². The fourth-order valence-corrected chi connectivity index (χ4v) is 1.87. The van der Waals surface area contributed by atoms with Crippen LogP contribution < -0.4 is 11.1 Å². The maximum atomic E-state index is 11.5. The number of aryl methyl sites for hydroxylation is 1. The van der Waals surface area contributed by atoms with Gasteiger partial charge in [0.1, 0.15) is 6.04 Å². The molecule has 0 saturated heterocycles. The number of imidazole rings is 1. The molecular weight excluding hydrogens is 252 g/mol. The van der Waals surface area contributed by atoms with Crippen LogP contribution in [0.5, 0.6) is 0 Å². The van der Waals surface area contributed by atoms with E-state index in [1.54, 1.807) is 42.3 Å². The number of hydrogen-bond donors (Lipinski definition) is 2. The second kappa shape index (κ2) is 5.10. The van der Waals surface area contributed by atoms with Crippen LogP contribution in [0.15, 0.2) is 36.8 Å². The number of nitrogens with one attached hydrogen (secondary N) is 1. The van der Waals surface area contributed by atoms with E-state index in [1.165, 1.54) is 0 Å². The second-order valence-corrected chi connectivity index (χ2v) is 4.36. The second-order valence-electron chi connectivity index (χ2n) is 3.92. The van der Waals surface area contributed by atoms with Crippen LogP contribution in [0.3, 0.4) is 0 Å². The Morgan fingerprint density at radius 1 is 1.56 bits per heavy atom. The van der Waals surface area contributed by atoms with Crippen molar-refractivity contribution in [1.29, 1.82) is 0 Å². The SMILES string of the molecule is Cn1cncc1C(Nc1cccc(Cl)c1)C(N)=O. The number of amides is 1. The molecule has 0 aliphatic rings. The van der Waals surface area contributed by atoms with Crippen LogP contribution in [-0.2, 0) is 11.8 Å². The Morgan fingerprint density at radius 3 is 2.89 bits per heavy atom. The number of hydrogen-bond acceptors (Lipinski definition) is 3. The molecule has 1 aromatic carbocycles. The van der Waals surface area contributed by atoms with Crippen molar-refractivity contribution >= 4 is 23.2 Å². The van der Waals surface area contributed by atoms with Crippen molar-refractivity contribution in [3.05, 3.63) is 47.5 Å². The Labute approximate surface area is 110 Å². The predicted molar refractivity (Wildman–Crippen MR) is 70.2 cm³/mol. The highest BCUT2D eigenvalue weighted by molar-refractivity contribution is 6.30. The van der Waals surface area contributed by atoms with E-state index in [0.717, 1.165) is 5.69 Å². The predicted octanol–water partition coefficient (Wildman–Crippen LogP) is 1.71. The third-order valence-electron chi connectivity index (χ3n) is 2.57. The Balaban J connectivity index is 2.28. The van der Waals surface area contributed by atoms with Crippen molar-refractivity contribution in [3.8, 4) is 0 Å². The highest BCUT2D eigenvalue weighted by Gasteiger charge is 2.20. The summed E-state index contributed by atoms with van der Waals surface area (Å²) in [5.41, 5.74) is 6.83. The van der Waals surface area contributed by atoms with Gasteiger partial charge < -0.3 is 15.6 Å². The molecule has 0 bridgehead atoms. The lowest BCUT2D eigenvalue weighted by atomic mass is 10.2. The van der Waals surface area contributed by atoms with Crippen molar-refractivity contribution < 1.29 is 4.79 Å². The number of carbonyl (C=O) groups is 1. The quantitative estimate of drug-likeness (QED) is 0.883. The molecule has 1 aromatic heterocycles. The van der Waals surface area contributed by atoms with Crippen LogP contribution in [0.1, 0.15) is 11.7 Å². The van der Waals surface area contributed by atoms with Crippen LogP contribution in [-0.4, -0.2) is 15.5 Å². The summed E-state index contributed by atoms with van der Waals surface area (Å²) in [5, 5.41) is 3.63. The number of aromatic nitrogens is 2. The minimum atomic E-state index is -0.643. The number of nitrogens with two attached hydrogens (primary N) is 1. The zero-order chi connectivity index (χ0) is 13.1. The lowest BCUT2D eigenvalue weighted by Gasteiger charge is -2.17. The van der Waals surface area contributed by atoms with Crippen LogP contribution >= 0.6 is 11.6 Å². The van der Waals surface area contributed by atoms with Crippen LogP contribution in [0, 0.1) is 0 Å². The smallest absolute Gasteiger partial charge is 0.246 e. The van der Waals surface area contributed by atoms with Crippen molar-refractivity contribution in [1.82, 2.24) is 9.55 Å². The molecule has 0 radical (unpaired) electrons. The highest BCUT2D eigenvalue weighted by Crippen LogP contribution is 2.21. The molecule has 2 aromatic rings. The largest absolute Gasteiger partial charge is 0.369 e. The average Bonchev–Trinajstić information content (AvgIpc) is 2.72. The zero-order valence-corrected chi connectivity index (χ0v) is 10.6. The summed E-state index contributed by atoms with van der Waals surface area (Å²) in [4.78, 5) is 15.5. The molecule has 0 aliphatic heterocycles. The third-order valence-corrected chi connectivity index (χ3v) is 2.80. The number of rotatable bonds is 4. The molecular formula is C12H13ClN4O. The molecule has 1 atom stereocenters. The van der Waals surface area contributed by atoms with Gasteiger partial charge in [-0.2, -0.15) is 0 Å². The van der Waals surface area contributed by atoms with E-state index in [2.05, 4.69) is 10.3 Å². The van der Waals surface area contributed by atoms with E-state index in [-0.39, 0.29) is 0 Å². The number of halogens is 1. The summed E-state index contributed by atoms with van der Waals surface area (Å²) >= 11 is 5.89. The Kier molecular flexibility index (Phi) is 3.53. The van der Waals surface area contributed by atoms with Gasteiger partial charge in [-0.15, -0.1) is 0 Å². The number of anilines is 1. The van der Waals surface area contributed by atoms with E-state index < -0.39 is 11.9 Å². The Hall–Kier alpha value is -2.01. The molecule has 0 aliphatic carbocycles. The van der Waals surface area contributed by atoms with Gasteiger partial charge in [-0.25, -0.2) is 4.98 Å². The Morgan fingerprint density at radius 2 is 2.33 bits per heavy atom. The topological polar surface area (TPSA) is 72.9 Å². The molecule has 1 amide bonds. The number of carbonyl (C=O) groups excluding carboxylic acids is 1.